The highest BCUT2D eigenvalue weighted by Crippen LogP contribution is 2.40. The van der Waals surface area contributed by atoms with E-state index in [1.165, 1.54) is 17.2 Å². The fourth-order valence-corrected chi connectivity index (χ4v) is 4.17. The molecule has 1 aliphatic heterocycles. The number of halogens is 2. The summed E-state index contributed by atoms with van der Waals surface area (Å²) < 4.78 is 16.9. The maximum atomic E-state index is 14.9. The molecule has 0 bridgehead atoms. The van der Waals surface area contributed by atoms with Crippen LogP contribution in [-0.2, 0) is 0 Å². The van der Waals surface area contributed by atoms with Crippen LogP contribution >= 0.6 is 11.6 Å². The molecular formula is C24H19ClFN3. The van der Waals surface area contributed by atoms with Crippen molar-refractivity contribution >= 4 is 34.3 Å². The Morgan fingerprint density at radius 1 is 1.00 bits per heavy atom. The second-order valence-electron chi connectivity index (χ2n) is 7.38. The van der Waals surface area contributed by atoms with Crippen LogP contribution in [-0.4, -0.2) is 9.55 Å². The number of fused-ring (bicyclic) bond motifs is 3. The molecule has 2 heterocycles. The van der Waals surface area contributed by atoms with Crippen LogP contribution in [0.4, 0.5) is 10.3 Å². The predicted molar refractivity (Wildman–Crippen MR) is 117 cm³/mol. The zero-order chi connectivity index (χ0) is 20.1. The molecule has 3 nitrogen and oxygen atoms in total. The molecule has 1 aromatic heterocycles. The maximum Gasteiger partial charge on any atom is 0.209 e. The van der Waals surface area contributed by atoms with E-state index in [1.54, 1.807) is 12.1 Å². The molecule has 4 aromatic rings. The van der Waals surface area contributed by atoms with Crippen molar-refractivity contribution in [3.8, 4) is 0 Å². The quantitative estimate of drug-likeness (QED) is 0.414. The molecule has 0 saturated heterocycles. The van der Waals surface area contributed by atoms with Gasteiger partial charge in [-0.25, -0.2) is 9.37 Å². The number of nitrogens with one attached hydrogen (secondary N) is 1. The number of para-hydroxylation sites is 2. The molecule has 3 aromatic carbocycles. The maximum absolute atomic E-state index is 14.9. The molecule has 0 unspecified atom stereocenters. The van der Waals surface area contributed by atoms with Crippen molar-refractivity contribution in [3.63, 3.8) is 0 Å². The van der Waals surface area contributed by atoms with Crippen LogP contribution in [0.15, 0.2) is 66.7 Å². The Bertz CT molecular complexity index is 1270. The average molecular weight is 404 g/mol. The largest absolute Gasteiger partial charge is 0.325 e. The summed E-state index contributed by atoms with van der Waals surface area (Å²) in [4.78, 5) is 4.75. The molecule has 144 valence electrons. The van der Waals surface area contributed by atoms with Crippen LogP contribution in [0.3, 0.4) is 0 Å². The van der Waals surface area contributed by atoms with Crippen LogP contribution in [0.5, 0.6) is 0 Å². The Labute approximate surface area is 173 Å². The Morgan fingerprint density at radius 3 is 2.62 bits per heavy atom. The molecule has 1 aliphatic rings. The monoisotopic (exact) mass is 403 g/mol. The Balaban J connectivity index is 1.77. The van der Waals surface area contributed by atoms with Gasteiger partial charge in [-0.2, -0.15) is 0 Å². The minimum absolute atomic E-state index is 0.330. The number of rotatable bonds is 2. The van der Waals surface area contributed by atoms with Crippen molar-refractivity contribution in [1.29, 1.82) is 0 Å². The first-order valence-corrected chi connectivity index (χ1v) is 9.88. The third kappa shape index (κ3) is 2.91. The summed E-state index contributed by atoms with van der Waals surface area (Å²) in [5.41, 5.74) is 6.57. The summed E-state index contributed by atoms with van der Waals surface area (Å²) in [5.74, 6) is 0.343. The number of allylic oxidation sites excluding steroid dienone is 1. The predicted octanol–water partition coefficient (Wildman–Crippen LogP) is 6.50. The van der Waals surface area contributed by atoms with Gasteiger partial charge in [0.25, 0.3) is 0 Å². The lowest BCUT2D eigenvalue weighted by Gasteiger charge is -2.27. The lowest BCUT2D eigenvalue weighted by molar-refractivity contribution is 0.584. The standard InChI is InChI=1S/C24H19ClFN3/c1-14-10-11-16(12-15(14)2)20-13-22(23-17(25)6-5-7-18(23)26)29-21-9-4-3-8-19(21)27-24(29)28-20/h3-13,22H,1-2H3,(H,27,28)/t22-/m0/s1. The topological polar surface area (TPSA) is 29.9 Å². The SMILES string of the molecule is Cc1ccc(C2=C[C@@H](c3c(F)cccc3Cl)n3c(nc4ccccc43)N2)cc1C. The number of nitrogens with zero attached hydrogens (tertiary/aromatic N) is 2. The highest BCUT2D eigenvalue weighted by Gasteiger charge is 2.28. The second kappa shape index (κ2) is 6.75. The highest BCUT2D eigenvalue weighted by molar-refractivity contribution is 6.31. The van der Waals surface area contributed by atoms with E-state index in [0.29, 0.717) is 16.5 Å². The van der Waals surface area contributed by atoms with Gasteiger partial charge in [-0.05, 0) is 66.9 Å². The molecule has 5 rings (SSSR count). The number of aryl methyl sites for hydroxylation is 2. The summed E-state index contributed by atoms with van der Waals surface area (Å²) >= 11 is 6.46. The summed E-state index contributed by atoms with van der Waals surface area (Å²) in [6, 6.07) is 18.5. The minimum Gasteiger partial charge on any atom is -0.325 e. The summed E-state index contributed by atoms with van der Waals surface area (Å²) in [5, 5.41) is 3.83. The first kappa shape index (κ1) is 18.0. The fourth-order valence-electron chi connectivity index (χ4n) is 3.89. The number of hydrogen-bond donors (Lipinski definition) is 1. The van der Waals surface area contributed by atoms with E-state index >= 15 is 0 Å². The van der Waals surface area contributed by atoms with E-state index in [1.807, 2.05) is 34.9 Å². The molecule has 0 fully saturated rings. The van der Waals surface area contributed by atoms with E-state index < -0.39 is 6.04 Å². The van der Waals surface area contributed by atoms with Gasteiger partial charge in [-0.1, -0.05) is 41.9 Å². The average Bonchev–Trinajstić information content (AvgIpc) is 3.08. The first-order valence-electron chi connectivity index (χ1n) is 9.50. The molecule has 0 aliphatic carbocycles. The molecule has 0 spiro atoms. The molecule has 5 heteroatoms. The van der Waals surface area contributed by atoms with Gasteiger partial charge < -0.3 is 5.32 Å². The van der Waals surface area contributed by atoms with Crippen molar-refractivity contribution in [3.05, 3.63) is 99.8 Å². The minimum atomic E-state index is -0.413. The Morgan fingerprint density at radius 2 is 1.83 bits per heavy atom. The van der Waals surface area contributed by atoms with Crippen LogP contribution in [0, 0.1) is 19.7 Å². The third-order valence-electron chi connectivity index (χ3n) is 5.56. The number of imidazole rings is 1. The van der Waals surface area contributed by atoms with Gasteiger partial charge >= 0.3 is 0 Å². The molecule has 1 atom stereocenters. The van der Waals surface area contributed by atoms with Gasteiger partial charge in [0.05, 0.1) is 17.1 Å². The highest BCUT2D eigenvalue weighted by atomic mass is 35.5. The fraction of sp³-hybridized carbons (Fsp3) is 0.125. The van der Waals surface area contributed by atoms with Crippen molar-refractivity contribution in [2.45, 2.75) is 19.9 Å². The van der Waals surface area contributed by atoms with Gasteiger partial charge in [0.2, 0.25) is 5.95 Å². The summed E-state index contributed by atoms with van der Waals surface area (Å²) in [6.07, 6.45) is 2.02. The second-order valence-corrected chi connectivity index (χ2v) is 7.79. The van der Waals surface area contributed by atoms with Gasteiger partial charge in [-0.3, -0.25) is 4.57 Å². The van der Waals surface area contributed by atoms with E-state index in [9.17, 15) is 4.39 Å². The van der Waals surface area contributed by atoms with Gasteiger partial charge in [0, 0.05) is 16.3 Å². The van der Waals surface area contributed by atoms with Crippen molar-refractivity contribution < 1.29 is 4.39 Å². The smallest absolute Gasteiger partial charge is 0.209 e. The lowest BCUT2D eigenvalue weighted by atomic mass is 9.98. The first-order chi connectivity index (χ1) is 14.0. The van der Waals surface area contributed by atoms with Crippen LogP contribution in [0.25, 0.3) is 16.7 Å². The van der Waals surface area contributed by atoms with Crippen molar-refractivity contribution in [2.24, 2.45) is 0 Å². The Kier molecular flexibility index (Phi) is 4.18. The van der Waals surface area contributed by atoms with E-state index in [4.69, 9.17) is 16.6 Å². The normalized spacial score (nSPS) is 15.7. The molecule has 29 heavy (non-hydrogen) atoms. The molecular weight excluding hydrogens is 385 g/mol. The summed E-state index contributed by atoms with van der Waals surface area (Å²) in [7, 11) is 0. The Hall–Kier alpha value is -3.11. The van der Waals surface area contributed by atoms with Crippen molar-refractivity contribution in [1.82, 2.24) is 9.55 Å². The van der Waals surface area contributed by atoms with Crippen LogP contribution in [0.2, 0.25) is 5.02 Å². The zero-order valence-corrected chi connectivity index (χ0v) is 16.8. The van der Waals surface area contributed by atoms with E-state index in [0.717, 1.165) is 22.3 Å². The lowest BCUT2D eigenvalue weighted by Crippen LogP contribution is -2.20. The molecule has 1 N–H and O–H groups in total. The number of benzene rings is 3. The zero-order valence-electron chi connectivity index (χ0n) is 16.1. The molecule has 0 amide bonds. The van der Waals surface area contributed by atoms with Gasteiger partial charge in [0.1, 0.15) is 5.82 Å². The van der Waals surface area contributed by atoms with Crippen molar-refractivity contribution in [2.75, 3.05) is 5.32 Å². The van der Waals surface area contributed by atoms with Crippen LogP contribution in [0.1, 0.15) is 28.3 Å². The third-order valence-corrected chi connectivity index (χ3v) is 5.89. The number of hydrogen-bond acceptors (Lipinski definition) is 2. The summed E-state index contributed by atoms with van der Waals surface area (Å²) in [6.45, 7) is 4.17. The number of anilines is 1. The molecule has 0 saturated carbocycles. The van der Waals surface area contributed by atoms with Gasteiger partial charge in [-0.15, -0.1) is 0 Å². The molecule has 0 radical (unpaired) electrons. The number of aromatic nitrogens is 2. The van der Waals surface area contributed by atoms with E-state index in [2.05, 4.69) is 37.4 Å². The van der Waals surface area contributed by atoms with Gasteiger partial charge in [0.15, 0.2) is 0 Å². The van der Waals surface area contributed by atoms with E-state index in [-0.39, 0.29) is 5.82 Å². The van der Waals surface area contributed by atoms with Crippen LogP contribution < -0.4 is 5.32 Å².